The summed E-state index contributed by atoms with van der Waals surface area (Å²) in [5.74, 6) is -1.22. The van der Waals surface area contributed by atoms with E-state index in [9.17, 15) is 8.78 Å². The lowest BCUT2D eigenvalue weighted by Crippen LogP contribution is -2.07. The molecule has 0 fully saturated rings. The SMILES string of the molecule is Cc1cc(C)c(C)c(C(Cl)c2c(F)cccc2F)c1C. The molecule has 2 aromatic carbocycles. The standard InChI is InChI=1S/C17H17ClF2/c1-9-8-10(2)12(4)15(11(9)3)17(18)16-13(19)6-5-7-14(16)20/h5-8,17H,1-4H3. The van der Waals surface area contributed by atoms with Gasteiger partial charge in [0.1, 0.15) is 11.6 Å². The van der Waals surface area contributed by atoms with Gasteiger partial charge in [0.2, 0.25) is 0 Å². The first-order chi connectivity index (χ1) is 9.34. The number of aryl methyl sites for hydroxylation is 2. The van der Waals surface area contributed by atoms with Gasteiger partial charge in [0.05, 0.1) is 5.38 Å². The Morgan fingerprint density at radius 3 is 1.75 bits per heavy atom. The molecule has 0 spiro atoms. The van der Waals surface area contributed by atoms with Gasteiger partial charge in [0, 0.05) is 5.56 Å². The fourth-order valence-corrected chi connectivity index (χ4v) is 3.06. The molecule has 106 valence electrons. The van der Waals surface area contributed by atoms with Crippen molar-refractivity contribution in [2.45, 2.75) is 33.1 Å². The van der Waals surface area contributed by atoms with Crippen molar-refractivity contribution in [3.63, 3.8) is 0 Å². The predicted octanol–water partition coefficient (Wildman–Crippen LogP) is 5.53. The zero-order chi connectivity index (χ0) is 15.0. The average Bonchev–Trinajstić information content (AvgIpc) is 2.36. The number of hydrogen-bond acceptors (Lipinski definition) is 0. The summed E-state index contributed by atoms with van der Waals surface area (Å²) >= 11 is 6.42. The summed E-state index contributed by atoms with van der Waals surface area (Å²) in [7, 11) is 0. The first-order valence-corrected chi connectivity index (χ1v) is 6.93. The van der Waals surface area contributed by atoms with Gasteiger partial charge < -0.3 is 0 Å². The molecule has 2 rings (SSSR count). The average molecular weight is 295 g/mol. The fraction of sp³-hybridized carbons (Fsp3) is 0.294. The van der Waals surface area contributed by atoms with Crippen LogP contribution in [0.15, 0.2) is 24.3 Å². The molecule has 0 bridgehead atoms. The summed E-state index contributed by atoms with van der Waals surface area (Å²) in [6.45, 7) is 7.83. The summed E-state index contributed by atoms with van der Waals surface area (Å²) in [4.78, 5) is 0. The summed E-state index contributed by atoms with van der Waals surface area (Å²) < 4.78 is 27.9. The lowest BCUT2D eigenvalue weighted by Gasteiger charge is -2.20. The van der Waals surface area contributed by atoms with E-state index in [2.05, 4.69) is 6.07 Å². The predicted molar refractivity (Wildman–Crippen MR) is 79.4 cm³/mol. The first kappa shape index (κ1) is 15.0. The summed E-state index contributed by atoms with van der Waals surface area (Å²) in [5, 5.41) is -0.824. The van der Waals surface area contributed by atoms with Gasteiger partial charge in [-0.05, 0) is 67.6 Å². The van der Waals surface area contributed by atoms with Gasteiger partial charge in [-0.3, -0.25) is 0 Å². The zero-order valence-electron chi connectivity index (χ0n) is 12.0. The highest BCUT2D eigenvalue weighted by molar-refractivity contribution is 6.23. The summed E-state index contributed by atoms with van der Waals surface area (Å²) in [6, 6.07) is 5.89. The molecule has 0 aromatic heterocycles. The highest BCUT2D eigenvalue weighted by Gasteiger charge is 2.24. The molecular weight excluding hydrogens is 278 g/mol. The molecule has 1 atom stereocenters. The Bertz CT molecular complexity index is 616. The van der Waals surface area contributed by atoms with E-state index in [1.54, 1.807) is 0 Å². The Kier molecular flexibility index (Phi) is 4.14. The number of rotatable bonds is 2. The van der Waals surface area contributed by atoms with E-state index < -0.39 is 17.0 Å². The molecule has 0 aliphatic rings. The van der Waals surface area contributed by atoms with Crippen LogP contribution in [0.3, 0.4) is 0 Å². The van der Waals surface area contributed by atoms with Crippen molar-refractivity contribution in [1.82, 2.24) is 0 Å². The van der Waals surface area contributed by atoms with Crippen molar-refractivity contribution < 1.29 is 8.78 Å². The fourth-order valence-electron chi connectivity index (χ4n) is 2.52. The molecule has 0 saturated carbocycles. The van der Waals surface area contributed by atoms with E-state index in [0.29, 0.717) is 0 Å². The quantitative estimate of drug-likeness (QED) is 0.639. The molecule has 0 aliphatic carbocycles. The lowest BCUT2D eigenvalue weighted by atomic mass is 9.89. The maximum Gasteiger partial charge on any atom is 0.131 e. The second-order valence-electron chi connectivity index (χ2n) is 5.17. The van der Waals surface area contributed by atoms with Gasteiger partial charge in [-0.25, -0.2) is 8.78 Å². The summed E-state index contributed by atoms with van der Waals surface area (Å²) in [5.41, 5.74) is 4.83. The Hall–Kier alpha value is -1.41. The lowest BCUT2D eigenvalue weighted by molar-refractivity contribution is 0.558. The second-order valence-corrected chi connectivity index (χ2v) is 5.61. The van der Waals surface area contributed by atoms with Gasteiger partial charge in [-0.2, -0.15) is 0 Å². The number of alkyl halides is 1. The van der Waals surface area contributed by atoms with Gasteiger partial charge in [0.25, 0.3) is 0 Å². The number of hydrogen-bond donors (Lipinski definition) is 0. The minimum absolute atomic E-state index is 0.0784. The van der Waals surface area contributed by atoms with Crippen molar-refractivity contribution >= 4 is 11.6 Å². The van der Waals surface area contributed by atoms with Crippen LogP contribution < -0.4 is 0 Å². The molecular formula is C17H17ClF2. The van der Waals surface area contributed by atoms with E-state index in [0.717, 1.165) is 27.8 Å². The van der Waals surface area contributed by atoms with E-state index in [4.69, 9.17) is 11.6 Å². The Morgan fingerprint density at radius 1 is 0.850 bits per heavy atom. The number of benzene rings is 2. The molecule has 0 aliphatic heterocycles. The van der Waals surface area contributed by atoms with Crippen LogP contribution in [-0.4, -0.2) is 0 Å². The van der Waals surface area contributed by atoms with Crippen LogP contribution in [0, 0.1) is 39.3 Å². The monoisotopic (exact) mass is 294 g/mol. The maximum absolute atomic E-state index is 13.9. The van der Waals surface area contributed by atoms with Gasteiger partial charge >= 0.3 is 0 Å². The minimum Gasteiger partial charge on any atom is -0.207 e. The van der Waals surface area contributed by atoms with Crippen LogP contribution in [-0.2, 0) is 0 Å². The van der Waals surface area contributed by atoms with Crippen LogP contribution in [0.4, 0.5) is 8.78 Å². The Labute approximate surface area is 123 Å². The molecule has 0 saturated heterocycles. The van der Waals surface area contributed by atoms with Crippen LogP contribution >= 0.6 is 11.6 Å². The normalized spacial score (nSPS) is 12.6. The molecule has 1 unspecified atom stereocenters. The topological polar surface area (TPSA) is 0 Å². The molecule has 3 heteroatoms. The molecule has 0 N–H and O–H groups in total. The third kappa shape index (κ3) is 2.45. The molecule has 0 amide bonds. The molecule has 0 radical (unpaired) electrons. The summed E-state index contributed by atoms with van der Waals surface area (Å²) in [6.07, 6.45) is 0. The van der Waals surface area contributed by atoms with Crippen molar-refractivity contribution in [3.05, 3.63) is 69.3 Å². The van der Waals surface area contributed by atoms with Crippen LogP contribution in [0.1, 0.15) is 38.8 Å². The minimum atomic E-state index is -0.824. The maximum atomic E-state index is 13.9. The van der Waals surface area contributed by atoms with Gasteiger partial charge in [0.15, 0.2) is 0 Å². The smallest absolute Gasteiger partial charge is 0.131 e. The Balaban J connectivity index is 2.69. The van der Waals surface area contributed by atoms with Gasteiger partial charge in [-0.15, -0.1) is 11.6 Å². The van der Waals surface area contributed by atoms with Crippen LogP contribution in [0.2, 0.25) is 0 Å². The van der Waals surface area contributed by atoms with Crippen molar-refractivity contribution in [1.29, 1.82) is 0 Å². The van der Waals surface area contributed by atoms with E-state index in [-0.39, 0.29) is 5.56 Å². The molecule has 20 heavy (non-hydrogen) atoms. The van der Waals surface area contributed by atoms with Crippen LogP contribution in [0.25, 0.3) is 0 Å². The highest BCUT2D eigenvalue weighted by Crippen LogP contribution is 2.38. The zero-order valence-corrected chi connectivity index (χ0v) is 12.8. The van der Waals surface area contributed by atoms with E-state index in [1.807, 2.05) is 27.7 Å². The molecule has 2 aromatic rings. The molecule has 0 heterocycles. The second kappa shape index (κ2) is 5.53. The third-order valence-electron chi connectivity index (χ3n) is 3.93. The van der Waals surface area contributed by atoms with E-state index >= 15 is 0 Å². The van der Waals surface area contributed by atoms with Crippen molar-refractivity contribution in [2.75, 3.05) is 0 Å². The Morgan fingerprint density at radius 2 is 1.30 bits per heavy atom. The van der Waals surface area contributed by atoms with E-state index in [1.165, 1.54) is 18.2 Å². The van der Waals surface area contributed by atoms with Gasteiger partial charge in [-0.1, -0.05) is 12.1 Å². The highest BCUT2D eigenvalue weighted by atomic mass is 35.5. The largest absolute Gasteiger partial charge is 0.207 e. The third-order valence-corrected chi connectivity index (χ3v) is 4.37. The van der Waals surface area contributed by atoms with Crippen LogP contribution in [0.5, 0.6) is 0 Å². The number of halogens is 3. The van der Waals surface area contributed by atoms with Crippen molar-refractivity contribution in [3.8, 4) is 0 Å². The molecule has 0 nitrogen and oxygen atoms in total. The van der Waals surface area contributed by atoms with Crippen molar-refractivity contribution in [2.24, 2.45) is 0 Å². The first-order valence-electron chi connectivity index (χ1n) is 6.49.